The van der Waals surface area contributed by atoms with Gasteiger partial charge >= 0.3 is 30.0 Å². The third-order valence-electron chi connectivity index (χ3n) is 14.1. The summed E-state index contributed by atoms with van der Waals surface area (Å²) >= 11 is 0. The lowest BCUT2D eigenvalue weighted by Gasteiger charge is -2.66. The Kier molecular flexibility index (Phi) is 16.7. The van der Waals surface area contributed by atoms with Crippen molar-refractivity contribution in [2.24, 2.45) is 22.7 Å². The molecule has 7 rings (SSSR count). The number of aliphatic hydroxyl groups is 2. The van der Waals surface area contributed by atoms with Gasteiger partial charge in [-0.2, -0.15) is 0 Å². The van der Waals surface area contributed by atoms with Gasteiger partial charge < -0.3 is 48.7 Å². The van der Waals surface area contributed by atoms with Gasteiger partial charge in [0.25, 0.3) is 5.91 Å². The molecule has 1 aliphatic heterocycles. The van der Waals surface area contributed by atoms with Gasteiger partial charge in [0, 0.05) is 43.3 Å². The topological polar surface area (TPSA) is 237 Å². The number of carbonyl (C=O) groups excluding carboxylic acids is 7. The first-order valence-electron chi connectivity index (χ1n) is 23.3. The summed E-state index contributed by atoms with van der Waals surface area (Å²) in [5.74, 6) is -6.43. The maximum Gasteiger partial charge on any atom is 0.509 e. The van der Waals surface area contributed by atoms with Crippen molar-refractivity contribution in [2.75, 3.05) is 31.3 Å². The zero-order chi connectivity index (χ0) is 51.3. The summed E-state index contributed by atoms with van der Waals surface area (Å²) in [6.07, 6.45) is -10.3. The lowest BCUT2D eigenvalue weighted by Crippen LogP contribution is -2.79. The van der Waals surface area contributed by atoms with Gasteiger partial charge in [-0.1, -0.05) is 102 Å². The second kappa shape index (κ2) is 22.4. The highest BCUT2D eigenvalue weighted by molar-refractivity contribution is 8.76. The molecule has 4 aliphatic rings. The fourth-order valence-corrected chi connectivity index (χ4v) is 12.4. The van der Waals surface area contributed by atoms with Crippen molar-refractivity contribution < 1.29 is 76.9 Å². The Morgan fingerprint density at radius 1 is 0.817 bits per heavy atom. The van der Waals surface area contributed by atoms with Crippen LogP contribution in [0, 0.1) is 22.7 Å². The normalized spacial score (nSPS) is 28.1. The van der Waals surface area contributed by atoms with Crippen LogP contribution in [-0.4, -0.2) is 125 Å². The third-order valence-corrected chi connectivity index (χ3v) is 16.5. The highest BCUT2D eigenvalue weighted by Gasteiger charge is 2.75. The van der Waals surface area contributed by atoms with E-state index in [-0.39, 0.29) is 54.9 Å². The molecule has 3 fully saturated rings. The van der Waals surface area contributed by atoms with Crippen LogP contribution in [0.3, 0.4) is 0 Å². The van der Waals surface area contributed by atoms with Crippen LogP contribution in [-0.2, 0) is 52.3 Å². The van der Waals surface area contributed by atoms with E-state index in [4.69, 9.17) is 38.3 Å². The molecule has 3 N–H and O–H groups in total. The zero-order valence-corrected chi connectivity index (χ0v) is 41.9. The van der Waals surface area contributed by atoms with Gasteiger partial charge in [0.2, 0.25) is 6.10 Å². The van der Waals surface area contributed by atoms with Crippen LogP contribution < -0.4 is 5.32 Å². The average molecular weight is 1020 g/mol. The lowest BCUT2D eigenvalue weighted by molar-refractivity contribution is -0.335. The van der Waals surface area contributed by atoms with E-state index in [9.17, 15) is 29.1 Å². The van der Waals surface area contributed by atoms with Crippen molar-refractivity contribution in [3.8, 4) is 0 Å². The first-order valence-corrected chi connectivity index (χ1v) is 25.8. The number of ketones is 1. The summed E-state index contributed by atoms with van der Waals surface area (Å²) in [7, 11) is 2.71. The van der Waals surface area contributed by atoms with Crippen LogP contribution in [0.5, 0.6) is 0 Å². The number of amides is 1. The molecule has 0 radical (unpaired) electrons. The molecule has 0 spiro atoms. The van der Waals surface area contributed by atoms with Crippen LogP contribution in [0.1, 0.15) is 86.7 Å². The molecule has 1 amide bonds. The average Bonchev–Trinajstić information content (AvgIpc) is 3.34. The number of esters is 4. The first kappa shape index (κ1) is 53.1. The van der Waals surface area contributed by atoms with E-state index in [1.54, 1.807) is 112 Å². The number of fused-ring (bicyclic) bond motifs is 5. The summed E-state index contributed by atoms with van der Waals surface area (Å²) < 4.78 is 42.4. The fraction of sp³-hybridized carbons (Fsp3) is 0.481. The maximum atomic E-state index is 15.7. The van der Waals surface area contributed by atoms with Crippen molar-refractivity contribution in [3.63, 3.8) is 0 Å². The number of hydrogen-bond donors (Lipinski definition) is 3. The van der Waals surface area contributed by atoms with Crippen molar-refractivity contribution >= 4 is 63.3 Å². The SMILES string of the molecule is CC(=O)O[C@H]1C(=O)[C@@]2(C)[C@H]([C@H](OC(=O)c3ccccc3)C3CC(OC(=O)[C@H](OC(=O)OCCSSCCO)C(NC(=O)c4ccccc4)c4ccccc4)C(C)=C1C3(C)C)[C@]1(OC(C)=O)CO[C@@H]1C[C@@H]2O. The molecule has 11 atom stereocenters. The Bertz CT molecular complexity index is 2490. The molecular weight excluding hydrogens is 959 g/mol. The van der Waals surface area contributed by atoms with Gasteiger partial charge in [-0.3, -0.25) is 19.2 Å². The summed E-state index contributed by atoms with van der Waals surface area (Å²) in [5, 5.41) is 24.2. The van der Waals surface area contributed by atoms with Crippen LogP contribution in [0.15, 0.2) is 102 Å². The molecule has 0 aromatic heterocycles. The van der Waals surface area contributed by atoms with Gasteiger partial charge in [-0.15, -0.1) is 0 Å². The standard InChI is InChI=1S/C52H59NO16S2/c1-29-36(66-48(61)43(68-49(62)63-23-25-71-70-24-22-54)40(32-16-10-7-11-17-32)53-46(59)33-18-12-8-13-19-33)26-35-41(67-47(60)34-20-14-9-15-21-34)44-51(6,37(57)27-38-52(44,28-64-38)69-31(3)56)45(58)42(65-30(2)55)39(29)50(35,4)5/h7-21,35-38,40-44,54,57H,22-28H2,1-6H3,(H,53,59)/t35?,36?,37-,38+,40?,41+,42+,43+,44-,51+,52-/m0/s1. The summed E-state index contributed by atoms with van der Waals surface area (Å²) in [4.78, 5) is 99.1. The molecule has 1 saturated heterocycles. The number of rotatable bonds is 17. The van der Waals surface area contributed by atoms with Crippen molar-refractivity contribution in [1.29, 1.82) is 0 Å². The molecule has 3 aromatic rings. The Morgan fingerprint density at radius 3 is 2.03 bits per heavy atom. The fourth-order valence-electron chi connectivity index (χ4n) is 10.8. The molecule has 1 heterocycles. The smallest absolute Gasteiger partial charge is 0.458 e. The maximum absolute atomic E-state index is 15.7. The minimum atomic E-state index is -1.92. The summed E-state index contributed by atoms with van der Waals surface area (Å²) in [6, 6.07) is 23.2. The van der Waals surface area contributed by atoms with Crippen molar-refractivity contribution in [1.82, 2.24) is 5.32 Å². The lowest BCUT2D eigenvalue weighted by atomic mass is 9.46. The minimum absolute atomic E-state index is 0.0386. The molecule has 71 heavy (non-hydrogen) atoms. The van der Waals surface area contributed by atoms with Crippen LogP contribution >= 0.6 is 21.6 Å². The Morgan fingerprint density at radius 2 is 1.44 bits per heavy atom. The summed E-state index contributed by atoms with van der Waals surface area (Å²) in [5.41, 5.74) is -3.57. The van der Waals surface area contributed by atoms with E-state index in [0.717, 1.165) is 6.92 Å². The molecule has 380 valence electrons. The third kappa shape index (κ3) is 10.9. The van der Waals surface area contributed by atoms with E-state index >= 15 is 9.59 Å². The monoisotopic (exact) mass is 1020 g/mol. The molecule has 3 aromatic carbocycles. The second-order valence-corrected chi connectivity index (χ2v) is 21.5. The van der Waals surface area contributed by atoms with E-state index in [2.05, 4.69) is 5.32 Å². The van der Waals surface area contributed by atoms with Crippen LogP contribution in [0.4, 0.5) is 4.79 Å². The number of benzene rings is 3. The molecule has 3 unspecified atom stereocenters. The number of ether oxygens (including phenoxy) is 7. The molecule has 19 heteroatoms. The Labute approximate surface area is 419 Å². The van der Waals surface area contributed by atoms with E-state index in [1.165, 1.54) is 35.4 Å². The number of carbonyl (C=O) groups is 7. The Balaban J connectivity index is 1.36. The molecule has 2 saturated carbocycles. The van der Waals surface area contributed by atoms with Crippen LogP contribution in [0.2, 0.25) is 0 Å². The zero-order valence-electron chi connectivity index (χ0n) is 40.2. The summed E-state index contributed by atoms with van der Waals surface area (Å²) in [6.45, 7) is 8.59. The molecule has 2 bridgehead atoms. The molecular formula is C52H59NO16S2. The highest BCUT2D eigenvalue weighted by atomic mass is 33.1. The van der Waals surface area contributed by atoms with Gasteiger partial charge in [0.05, 0.1) is 36.2 Å². The van der Waals surface area contributed by atoms with E-state index in [0.29, 0.717) is 17.1 Å². The highest BCUT2D eigenvalue weighted by Crippen LogP contribution is 2.63. The molecule has 17 nitrogen and oxygen atoms in total. The quantitative estimate of drug-likeness (QED) is 0.0452. The second-order valence-electron chi connectivity index (χ2n) is 18.8. The Hall–Kier alpha value is -5.73. The van der Waals surface area contributed by atoms with E-state index in [1.807, 2.05) is 0 Å². The predicted octanol–water partition coefficient (Wildman–Crippen LogP) is 6.16. The van der Waals surface area contributed by atoms with Crippen LogP contribution in [0.25, 0.3) is 0 Å². The van der Waals surface area contributed by atoms with Gasteiger partial charge in [0.15, 0.2) is 17.5 Å². The minimum Gasteiger partial charge on any atom is -0.458 e. The first-order chi connectivity index (χ1) is 33.8. The van der Waals surface area contributed by atoms with Gasteiger partial charge in [-0.25, -0.2) is 14.4 Å². The predicted molar refractivity (Wildman–Crippen MR) is 258 cm³/mol. The van der Waals surface area contributed by atoms with E-state index < -0.39 is 113 Å². The van der Waals surface area contributed by atoms with Crippen molar-refractivity contribution in [3.05, 3.63) is 119 Å². The van der Waals surface area contributed by atoms with Gasteiger partial charge in [-0.05, 0) is 66.7 Å². The van der Waals surface area contributed by atoms with Gasteiger partial charge in [0.1, 0.15) is 31.0 Å². The number of nitrogens with one attached hydrogen (secondary N) is 1. The molecule has 3 aliphatic carbocycles. The number of aliphatic hydroxyl groups excluding tert-OH is 2. The largest absolute Gasteiger partial charge is 0.509 e. The number of hydrogen-bond acceptors (Lipinski definition) is 18. The van der Waals surface area contributed by atoms with Crippen molar-refractivity contribution in [2.45, 2.75) is 103 Å². The number of Topliss-reactive ketones (excluding diaryl/α,β-unsaturated/α-hetero) is 1.